The molecule has 1 unspecified atom stereocenters. The number of hydrogen-bond donors (Lipinski definition) is 2. The Labute approximate surface area is 155 Å². The van der Waals surface area contributed by atoms with Crippen LogP contribution in [0.5, 0.6) is 5.75 Å². The zero-order valence-electron chi connectivity index (χ0n) is 14.2. The average Bonchev–Trinajstić information content (AvgIpc) is 3.11. The molecule has 0 saturated heterocycles. The number of hydrogen-bond acceptors (Lipinski definition) is 7. The van der Waals surface area contributed by atoms with E-state index in [0.717, 1.165) is 11.3 Å². The van der Waals surface area contributed by atoms with Crippen LogP contribution in [0, 0.1) is 0 Å². The Morgan fingerprint density at radius 1 is 1.07 bits per heavy atom. The third-order valence-corrected chi connectivity index (χ3v) is 4.18. The van der Waals surface area contributed by atoms with Crippen LogP contribution in [-0.2, 0) is 11.4 Å². The third kappa shape index (κ3) is 3.38. The lowest BCUT2D eigenvalue weighted by molar-refractivity contribution is -0.114. The first-order valence-corrected chi connectivity index (χ1v) is 8.26. The molecular formula is C19H16N6O2. The first-order valence-electron chi connectivity index (χ1n) is 8.26. The maximum atomic E-state index is 12.1. The Morgan fingerprint density at radius 2 is 1.89 bits per heavy atom. The van der Waals surface area contributed by atoms with Crippen LogP contribution in [0.1, 0.15) is 17.3 Å². The summed E-state index contributed by atoms with van der Waals surface area (Å²) in [6, 6.07) is 12.5. The molecule has 0 saturated carbocycles. The number of fused-ring (bicyclic) bond motifs is 1. The molecule has 3 heterocycles. The number of nitrogens with two attached hydrogens (primary N) is 2. The standard InChI is InChI=1S/C19H16N6O2/c20-16(14-9-23-17-15(14)18(26)25-19(21)24-17)11-4-6-13(7-5-11)27-10-12-3-1-2-8-22-12/h1-9,16H,10,20H2,(H2,21,25,26). The van der Waals surface area contributed by atoms with Crippen molar-refractivity contribution in [3.8, 4) is 5.75 Å². The first kappa shape index (κ1) is 16.8. The van der Waals surface area contributed by atoms with Crippen molar-refractivity contribution in [2.45, 2.75) is 12.6 Å². The molecule has 134 valence electrons. The first-order chi connectivity index (χ1) is 13.1. The number of amidine groups is 1. The van der Waals surface area contributed by atoms with Gasteiger partial charge in [-0.15, -0.1) is 0 Å². The fourth-order valence-corrected chi connectivity index (χ4v) is 2.81. The highest BCUT2D eigenvalue weighted by Crippen LogP contribution is 2.28. The normalized spacial score (nSPS) is 16.7. The van der Waals surface area contributed by atoms with Crippen LogP contribution in [0.2, 0.25) is 0 Å². The van der Waals surface area contributed by atoms with Gasteiger partial charge in [-0.1, -0.05) is 18.2 Å². The summed E-state index contributed by atoms with van der Waals surface area (Å²) in [7, 11) is 0. The molecule has 0 aliphatic carbocycles. The summed E-state index contributed by atoms with van der Waals surface area (Å²) < 4.78 is 5.72. The van der Waals surface area contributed by atoms with Crippen molar-refractivity contribution in [3.63, 3.8) is 0 Å². The van der Waals surface area contributed by atoms with Gasteiger partial charge in [0.1, 0.15) is 12.4 Å². The molecule has 0 fully saturated rings. The van der Waals surface area contributed by atoms with Gasteiger partial charge in [-0.2, -0.15) is 9.98 Å². The minimum Gasteiger partial charge on any atom is -0.487 e. The minimum absolute atomic E-state index is 0.0971. The van der Waals surface area contributed by atoms with Crippen molar-refractivity contribution in [3.05, 3.63) is 71.1 Å². The summed E-state index contributed by atoms with van der Waals surface area (Å²) in [6.07, 6.45) is 3.26. The SMILES string of the molecule is NC1=NC(=O)C2=C(C(N)c3ccc(OCc4ccccn4)cc3)C=NC2=N1. The number of carbonyl (C=O) groups is 1. The fraction of sp³-hybridized carbons (Fsp3) is 0.105. The third-order valence-electron chi connectivity index (χ3n) is 4.18. The van der Waals surface area contributed by atoms with Crippen molar-refractivity contribution in [1.82, 2.24) is 4.98 Å². The molecule has 27 heavy (non-hydrogen) atoms. The lowest BCUT2D eigenvalue weighted by Crippen LogP contribution is -2.24. The van der Waals surface area contributed by atoms with Gasteiger partial charge >= 0.3 is 0 Å². The average molecular weight is 360 g/mol. The molecule has 1 aromatic carbocycles. The van der Waals surface area contributed by atoms with Crippen molar-refractivity contribution < 1.29 is 9.53 Å². The van der Waals surface area contributed by atoms with E-state index in [1.165, 1.54) is 6.21 Å². The van der Waals surface area contributed by atoms with Crippen LogP contribution in [0.25, 0.3) is 0 Å². The molecule has 2 aliphatic heterocycles. The Hall–Kier alpha value is -3.65. The van der Waals surface area contributed by atoms with E-state index in [2.05, 4.69) is 20.0 Å². The second-order valence-electron chi connectivity index (χ2n) is 5.96. The van der Waals surface area contributed by atoms with E-state index in [9.17, 15) is 4.79 Å². The Morgan fingerprint density at radius 3 is 2.63 bits per heavy atom. The summed E-state index contributed by atoms with van der Waals surface area (Å²) in [5.74, 6) is 0.381. The quantitative estimate of drug-likeness (QED) is 0.830. The van der Waals surface area contributed by atoms with Gasteiger partial charge in [-0.3, -0.25) is 9.78 Å². The number of nitrogens with zero attached hydrogens (tertiary/aromatic N) is 4. The van der Waals surface area contributed by atoms with Crippen molar-refractivity contribution in [2.75, 3.05) is 0 Å². The molecule has 0 radical (unpaired) electrons. The number of carbonyl (C=O) groups excluding carboxylic acids is 1. The molecule has 2 aliphatic rings. The summed E-state index contributed by atoms with van der Waals surface area (Å²) in [5.41, 5.74) is 14.3. The van der Waals surface area contributed by atoms with Crippen molar-refractivity contribution in [1.29, 1.82) is 0 Å². The molecule has 1 amide bonds. The Kier molecular flexibility index (Phi) is 4.31. The van der Waals surface area contributed by atoms with Gasteiger partial charge in [0.05, 0.1) is 17.3 Å². The molecule has 4 N–H and O–H groups in total. The molecule has 4 rings (SSSR count). The zero-order chi connectivity index (χ0) is 18.8. The predicted molar refractivity (Wildman–Crippen MR) is 102 cm³/mol. The van der Waals surface area contributed by atoms with Gasteiger partial charge in [0.15, 0.2) is 5.84 Å². The van der Waals surface area contributed by atoms with Crippen LogP contribution < -0.4 is 16.2 Å². The lowest BCUT2D eigenvalue weighted by Gasteiger charge is -2.15. The van der Waals surface area contributed by atoms with E-state index in [-0.39, 0.29) is 11.8 Å². The summed E-state index contributed by atoms with van der Waals surface area (Å²) in [5, 5.41) is 0. The summed E-state index contributed by atoms with van der Waals surface area (Å²) in [6.45, 7) is 0.377. The van der Waals surface area contributed by atoms with E-state index in [1.807, 2.05) is 42.5 Å². The summed E-state index contributed by atoms with van der Waals surface area (Å²) >= 11 is 0. The van der Waals surface area contributed by atoms with E-state index in [0.29, 0.717) is 23.5 Å². The number of rotatable bonds is 5. The van der Waals surface area contributed by atoms with Gasteiger partial charge in [-0.05, 0) is 29.8 Å². The molecule has 8 nitrogen and oxygen atoms in total. The maximum Gasteiger partial charge on any atom is 0.284 e. The smallest absolute Gasteiger partial charge is 0.284 e. The highest BCUT2D eigenvalue weighted by molar-refractivity contribution is 6.34. The van der Waals surface area contributed by atoms with Gasteiger partial charge in [0.2, 0.25) is 5.96 Å². The van der Waals surface area contributed by atoms with Gasteiger partial charge < -0.3 is 16.2 Å². The predicted octanol–water partition coefficient (Wildman–Crippen LogP) is 1.29. The van der Waals surface area contributed by atoms with E-state index in [4.69, 9.17) is 16.2 Å². The maximum absolute atomic E-state index is 12.1. The Bertz CT molecular complexity index is 1010. The number of ether oxygens (including phenoxy) is 1. The van der Waals surface area contributed by atoms with Gasteiger partial charge in [0, 0.05) is 18.0 Å². The number of amides is 1. The topological polar surface area (TPSA) is 128 Å². The van der Waals surface area contributed by atoms with Crippen LogP contribution in [0.4, 0.5) is 0 Å². The van der Waals surface area contributed by atoms with Crippen LogP contribution in [0.3, 0.4) is 0 Å². The van der Waals surface area contributed by atoms with Crippen molar-refractivity contribution in [2.24, 2.45) is 26.4 Å². The van der Waals surface area contributed by atoms with Crippen LogP contribution >= 0.6 is 0 Å². The minimum atomic E-state index is -0.542. The molecule has 0 spiro atoms. The molecule has 0 bridgehead atoms. The highest BCUT2D eigenvalue weighted by Gasteiger charge is 2.31. The molecular weight excluding hydrogens is 344 g/mol. The van der Waals surface area contributed by atoms with E-state index >= 15 is 0 Å². The monoisotopic (exact) mass is 360 g/mol. The highest BCUT2D eigenvalue weighted by atomic mass is 16.5. The van der Waals surface area contributed by atoms with Crippen LogP contribution in [0.15, 0.2) is 74.8 Å². The van der Waals surface area contributed by atoms with E-state index in [1.54, 1.807) is 6.20 Å². The van der Waals surface area contributed by atoms with Crippen molar-refractivity contribution >= 4 is 23.9 Å². The van der Waals surface area contributed by atoms with Crippen LogP contribution in [-0.4, -0.2) is 28.9 Å². The number of aliphatic imine (C=N–C) groups is 3. The molecule has 1 aromatic heterocycles. The second kappa shape index (κ2) is 6.93. The largest absolute Gasteiger partial charge is 0.487 e. The molecule has 2 aromatic rings. The van der Waals surface area contributed by atoms with Gasteiger partial charge in [0.25, 0.3) is 5.91 Å². The van der Waals surface area contributed by atoms with E-state index < -0.39 is 11.9 Å². The number of guanidine groups is 1. The fourth-order valence-electron chi connectivity index (χ4n) is 2.81. The Balaban J connectivity index is 1.50. The molecule has 1 atom stereocenters. The number of aromatic nitrogens is 1. The zero-order valence-corrected chi connectivity index (χ0v) is 14.2. The molecule has 8 heteroatoms. The second-order valence-corrected chi connectivity index (χ2v) is 5.96. The lowest BCUT2D eigenvalue weighted by atomic mass is 9.96. The van der Waals surface area contributed by atoms with Gasteiger partial charge in [-0.25, -0.2) is 4.99 Å². The number of benzene rings is 1. The number of pyridine rings is 1. The summed E-state index contributed by atoms with van der Waals surface area (Å²) in [4.78, 5) is 28.1.